The average molecular weight is 355 g/mol. The molecule has 0 saturated carbocycles. The molecule has 0 bridgehead atoms. The molecule has 0 unspecified atom stereocenters. The minimum absolute atomic E-state index is 0.0324. The van der Waals surface area contributed by atoms with Gasteiger partial charge in [-0.3, -0.25) is 14.4 Å². The molecule has 140 valence electrons. The molecule has 1 N–H and O–H groups in total. The van der Waals surface area contributed by atoms with E-state index in [4.69, 9.17) is 0 Å². The van der Waals surface area contributed by atoms with Gasteiger partial charge in [-0.25, -0.2) is 0 Å². The highest BCUT2D eigenvalue weighted by atomic mass is 16.2. The molecule has 26 heavy (non-hydrogen) atoms. The van der Waals surface area contributed by atoms with Crippen LogP contribution in [0.4, 0.5) is 5.69 Å². The maximum Gasteiger partial charge on any atom is 0.238 e. The van der Waals surface area contributed by atoms with Crippen LogP contribution in [0.25, 0.3) is 0 Å². The monoisotopic (exact) mass is 355 g/mol. The van der Waals surface area contributed by atoms with E-state index in [0.29, 0.717) is 12.6 Å². The Bertz CT molecular complexity index is 691. The number of nitrogens with zero attached hydrogens (tertiary/aromatic N) is 4. The van der Waals surface area contributed by atoms with Crippen molar-refractivity contribution in [1.82, 2.24) is 19.6 Å². The molecule has 1 aliphatic heterocycles. The van der Waals surface area contributed by atoms with E-state index in [-0.39, 0.29) is 5.91 Å². The van der Waals surface area contributed by atoms with E-state index in [9.17, 15) is 4.79 Å². The molecule has 6 heteroatoms. The molecule has 6 nitrogen and oxygen atoms in total. The van der Waals surface area contributed by atoms with E-state index < -0.39 is 0 Å². The number of hydrogen-bond acceptors (Lipinski definition) is 4. The fourth-order valence-corrected chi connectivity index (χ4v) is 3.54. The van der Waals surface area contributed by atoms with Gasteiger partial charge in [0.25, 0.3) is 0 Å². The van der Waals surface area contributed by atoms with Gasteiger partial charge >= 0.3 is 0 Å². The second-order valence-corrected chi connectivity index (χ2v) is 7.19. The molecule has 1 fully saturated rings. The SMILES string of the molecule is CN1CCC(N(CCc2ccccc2)CC(=O)Nc2cnn(C)c2)CC1. The highest BCUT2D eigenvalue weighted by Crippen LogP contribution is 2.17. The Hall–Kier alpha value is -2.18. The first-order valence-electron chi connectivity index (χ1n) is 9.35. The summed E-state index contributed by atoms with van der Waals surface area (Å²) in [4.78, 5) is 17.3. The van der Waals surface area contributed by atoms with Crippen molar-refractivity contribution in [3.8, 4) is 0 Å². The van der Waals surface area contributed by atoms with Crippen LogP contribution >= 0.6 is 0 Å². The Morgan fingerprint density at radius 1 is 1.23 bits per heavy atom. The lowest BCUT2D eigenvalue weighted by molar-refractivity contribution is -0.118. The average Bonchev–Trinajstić information content (AvgIpc) is 3.05. The second kappa shape index (κ2) is 8.96. The van der Waals surface area contributed by atoms with Crippen molar-refractivity contribution in [2.45, 2.75) is 25.3 Å². The summed E-state index contributed by atoms with van der Waals surface area (Å²) in [6.07, 6.45) is 6.70. The van der Waals surface area contributed by atoms with Crippen molar-refractivity contribution in [1.29, 1.82) is 0 Å². The predicted molar refractivity (Wildman–Crippen MR) is 104 cm³/mol. The molecule has 1 amide bonds. The summed E-state index contributed by atoms with van der Waals surface area (Å²) in [6, 6.07) is 11.0. The number of piperidine rings is 1. The van der Waals surface area contributed by atoms with E-state index in [1.165, 1.54) is 5.56 Å². The largest absolute Gasteiger partial charge is 0.322 e. The molecule has 0 radical (unpaired) electrons. The zero-order valence-corrected chi connectivity index (χ0v) is 15.8. The molecule has 1 saturated heterocycles. The topological polar surface area (TPSA) is 53.4 Å². The molecule has 2 aromatic rings. The predicted octanol–water partition coefficient (Wildman–Crippen LogP) is 2.00. The van der Waals surface area contributed by atoms with Crippen molar-refractivity contribution < 1.29 is 4.79 Å². The summed E-state index contributed by atoms with van der Waals surface area (Å²) < 4.78 is 1.69. The Kier molecular flexibility index (Phi) is 6.41. The van der Waals surface area contributed by atoms with Gasteiger partial charge in [-0.1, -0.05) is 30.3 Å². The lowest BCUT2D eigenvalue weighted by Gasteiger charge is -2.37. The first kappa shape index (κ1) is 18.6. The first-order chi connectivity index (χ1) is 12.6. The van der Waals surface area contributed by atoms with Crippen LogP contribution < -0.4 is 5.32 Å². The molecule has 1 aromatic heterocycles. The van der Waals surface area contributed by atoms with E-state index in [0.717, 1.165) is 44.6 Å². The third kappa shape index (κ3) is 5.41. The number of carbonyl (C=O) groups excluding carboxylic acids is 1. The Morgan fingerprint density at radius 3 is 2.62 bits per heavy atom. The van der Waals surface area contributed by atoms with Gasteiger partial charge in [0.1, 0.15) is 0 Å². The Balaban J connectivity index is 1.60. The number of benzene rings is 1. The van der Waals surface area contributed by atoms with Gasteiger partial charge in [0.05, 0.1) is 18.4 Å². The molecule has 0 spiro atoms. The third-order valence-corrected chi connectivity index (χ3v) is 5.07. The van der Waals surface area contributed by atoms with Crippen molar-refractivity contribution in [2.24, 2.45) is 7.05 Å². The van der Waals surface area contributed by atoms with Crippen LogP contribution in [0.3, 0.4) is 0 Å². The number of hydrogen-bond donors (Lipinski definition) is 1. The summed E-state index contributed by atoms with van der Waals surface area (Å²) in [5.41, 5.74) is 2.07. The van der Waals surface area contributed by atoms with Gasteiger partial charge in [0, 0.05) is 25.8 Å². The van der Waals surface area contributed by atoms with Crippen molar-refractivity contribution in [3.05, 3.63) is 48.3 Å². The zero-order chi connectivity index (χ0) is 18.4. The van der Waals surface area contributed by atoms with Gasteiger partial charge < -0.3 is 10.2 Å². The summed E-state index contributed by atoms with van der Waals surface area (Å²) in [5.74, 6) is 0.0324. The van der Waals surface area contributed by atoms with Gasteiger partial charge in [0.15, 0.2) is 0 Å². The lowest BCUT2D eigenvalue weighted by atomic mass is 10.0. The molecule has 1 aromatic carbocycles. The molecule has 0 aliphatic carbocycles. The smallest absolute Gasteiger partial charge is 0.238 e. The fourth-order valence-electron chi connectivity index (χ4n) is 3.54. The Labute approximate surface area is 155 Å². The quantitative estimate of drug-likeness (QED) is 0.825. The maximum absolute atomic E-state index is 12.6. The van der Waals surface area contributed by atoms with Crippen molar-refractivity contribution >= 4 is 11.6 Å². The third-order valence-electron chi connectivity index (χ3n) is 5.07. The van der Waals surface area contributed by atoms with Crippen LogP contribution in [0.2, 0.25) is 0 Å². The van der Waals surface area contributed by atoms with E-state index >= 15 is 0 Å². The number of aromatic nitrogens is 2. The standard InChI is InChI=1S/C20H29N5O/c1-23-11-9-19(10-12-23)25(13-8-17-6-4-3-5-7-17)16-20(26)22-18-14-21-24(2)15-18/h3-7,14-15,19H,8-13,16H2,1-2H3,(H,22,26). The number of likely N-dealkylation sites (tertiary alicyclic amines) is 1. The van der Waals surface area contributed by atoms with Gasteiger partial charge in [0.2, 0.25) is 5.91 Å². The van der Waals surface area contributed by atoms with E-state index in [1.807, 2.05) is 19.3 Å². The summed E-state index contributed by atoms with van der Waals surface area (Å²) in [5, 5.41) is 7.07. The summed E-state index contributed by atoms with van der Waals surface area (Å²) in [7, 11) is 4.01. The molecule has 3 rings (SSSR count). The molecule has 0 atom stereocenters. The zero-order valence-electron chi connectivity index (χ0n) is 15.8. The summed E-state index contributed by atoms with van der Waals surface area (Å²) in [6.45, 7) is 3.52. The minimum atomic E-state index is 0.0324. The lowest BCUT2D eigenvalue weighted by Crippen LogP contribution is -2.47. The number of rotatable bonds is 7. The summed E-state index contributed by atoms with van der Waals surface area (Å²) >= 11 is 0. The van der Waals surface area contributed by atoms with Crippen molar-refractivity contribution in [3.63, 3.8) is 0 Å². The molecule has 1 aliphatic rings. The van der Waals surface area contributed by atoms with E-state index in [1.54, 1.807) is 10.9 Å². The first-order valence-corrected chi connectivity index (χ1v) is 9.35. The molecule has 2 heterocycles. The number of anilines is 1. The van der Waals surface area contributed by atoms with Crippen molar-refractivity contribution in [2.75, 3.05) is 38.5 Å². The van der Waals surface area contributed by atoms with Crippen LogP contribution in [0.1, 0.15) is 18.4 Å². The minimum Gasteiger partial charge on any atom is -0.322 e. The Morgan fingerprint density at radius 2 is 1.96 bits per heavy atom. The second-order valence-electron chi connectivity index (χ2n) is 7.19. The highest BCUT2D eigenvalue weighted by molar-refractivity contribution is 5.92. The molecular weight excluding hydrogens is 326 g/mol. The number of carbonyl (C=O) groups is 1. The van der Waals surface area contributed by atoms with Gasteiger partial charge in [-0.05, 0) is 45.0 Å². The molecular formula is C20H29N5O. The van der Waals surface area contributed by atoms with Crippen LogP contribution in [-0.4, -0.2) is 64.8 Å². The van der Waals surface area contributed by atoms with Crippen LogP contribution in [0.15, 0.2) is 42.7 Å². The number of amides is 1. The maximum atomic E-state index is 12.6. The van der Waals surface area contributed by atoms with Crippen LogP contribution in [0.5, 0.6) is 0 Å². The number of nitrogens with one attached hydrogen (secondary N) is 1. The normalized spacial score (nSPS) is 16.1. The van der Waals surface area contributed by atoms with Gasteiger partial charge in [-0.15, -0.1) is 0 Å². The van der Waals surface area contributed by atoms with E-state index in [2.05, 4.69) is 51.5 Å². The highest BCUT2D eigenvalue weighted by Gasteiger charge is 2.24. The fraction of sp³-hybridized carbons (Fsp3) is 0.500. The van der Waals surface area contributed by atoms with Crippen LogP contribution in [0, 0.1) is 0 Å². The van der Waals surface area contributed by atoms with Crippen LogP contribution in [-0.2, 0) is 18.3 Å². The van der Waals surface area contributed by atoms with Gasteiger partial charge in [-0.2, -0.15) is 5.10 Å². The number of aryl methyl sites for hydroxylation is 1.